The minimum absolute atomic E-state index is 0.0824. The smallest absolute Gasteiger partial charge is 0.335 e. The van der Waals surface area contributed by atoms with Crippen LogP contribution in [0.1, 0.15) is 23.7 Å². The standard InChI is InChI=1S/C16H12Cl2N2O4S/c1-6-3-8(12(18)11(6)17)14(21)20-16-19-13-9(24-2)4-7(15(22)23)5-10(13)25-16/h4-5H,3H2,1-2H3,(H,22,23)(H,19,20,21). The molecule has 1 aromatic heterocycles. The van der Waals surface area contributed by atoms with Crippen LogP contribution in [-0.4, -0.2) is 29.1 Å². The van der Waals surface area contributed by atoms with Crippen LogP contribution >= 0.6 is 34.5 Å². The van der Waals surface area contributed by atoms with Crippen LogP contribution in [0.25, 0.3) is 10.2 Å². The number of carbonyl (C=O) groups is 2. The topological polar surface area (TPSA) is 88.5 Å². The van der Waals surface area contributed by atoms with Crippen molar-refractivity contribution in [1.29, 1.82) is 0 Å². The van der Waals surface area contributed by atoms with Crippen molar-refractivity contribution in [2.45, 2.75) is 13.3 Å². The molecule has 0 aliphatic heterocycles. The summed E-state index contributed by atoms with van der Waals surface area (Å²) in [5.74, 6) is -1.14. The summed E-state index contributed by atoms with van der Waals surface area (Å²) in [5, 5.41) is 12.8. The van der Waals surface area contributed by atoms with E-state index in [0.29, 0.717) is 38.1 Å². The number of carbonyl (C=O) groups excluding carboxylic acids is 1. The number of hydrogen-bond acceptors (Lipinski definition) is 5. The van der Waals surface area contributed by atoms with Crippen molar-refractivity contribution in [3.8, 4) is 5.75 Å². The van der Waals surface area contributed by atoms with E-state index in [1.54, 1.807) is 6.92 Å². The Bertz CT molecular complexity index is 978. The maximum absolute atomic E-state index is 12.4. The van der Waals surface area contributed by atoms with Crippen molar-refractivity contribution >= 4 is 61.8 Å². The third-order valence-electron chi connectivity index (χ3n) is 3.70. The highest BCUT2D eigenvalue weighted by Crippen LogP contribution is 2.38. The van der Waals surface area contributed by atoms with Crippen molar-refractivity contribution in [2.24, 2.45) is 0 Å². The summed E-state index contributed by atoms with van der Waals surface area (Å²) < 4.78 is 5.78. The lowest BCUT2D eigenvalue weighted by Crippen LogP contribution is -2.14. The lowest BCUT2D eigenvalue weighted by molar-refractivity contribution is -0.112. The molecule has 0 bridgehead atoms. The van der Waals surface area contributed by atoms with Gasteiger partial charge in [0, 0.05) is 12.0 Å². The summed E-state index contributed by atoms with van der Waals surface area (Å²) in [6, 6.07) is 2.87. The Balaban J connectivity index is 1.93. The van der Waals surface area contributed by atoms with E-state index in [9.17, 15) is 9.59 Å². The number of carboxylic acids is 1. The largest absolute Gasteiger partial charge is 0.494 e. The number of carboxylic acid groups (broad SMARTS) is 1. The summed E-state index contributed by atoms with van der Waals surface area (Å²) in [6.45, 7) is 1.81. The summed E-state index contributed by atoms with van der Waals surface area (Å²) in [4.78, 5) is 27.9. The summed E-state index contributed by atoms with van der Waals surface area (Å²) in [7, 11) is 1.43. The van der Waals surface area contributed by atoms with Crippen LogP contribution in [0.2, 0.25) is 0 Å². The first-order valence-electron chi connectivity index (χ1n) is 7.09. The maximum atomic E-state index is 12.4. The SMILES string of the molecule is COc1cc(C(=O)O)cc2sc(NC(=O)C3=C(Cl)C(Cl)=C(C)C3)nc12. The fourth-order valence-corrected chi connectivity index (χ4v) is 3.84. The molecule has 0 fully saturated rings. The maximum Gasteiger partial charge on any atom is 0.335 e. The lowest BCUT2D eigenvalue weighted by atomic mass is 10.1. The minimum Gasteiger partial charge on any atom is -0.494 e. The normalized spacial score (nSPS) is 14.4. The monoisotopic (exact) mass is 398 g/mol. The Morgan fingerprint density at radius 2 is 2.04 bits per heavy atom. The van der Waals surface area contributed by atoms with Crippen LogP contribution in [0.5, 0.6) is 5.75 Å². The second-order valence-corrected chi connectivity index (χ2v) is 7.15. The number of hydrogen-bond donors (Lipinski definition) is 2. The van der Waals surface area contributed by atoms with Gasteiger partial charge in [-0.05, 0) is 24.6 Å². The van der Waals surface area contributed by atoms with E-state index in [4.69, 9.17) is 33.0 Å². The van der Waals surface area contributed by atoms with Gasteiger partial charge in [0.15, 0.2) is 5.13 Å². The Morgan fingerprint density at radius 1 is 1.32 bits per heavy atom. The molecule has 1 heterocycles. The van der Waals surface area contributed by atoms with Gasteiger partial charge in [0.2, 0.25) is 0 Å². The Labute approximate surface area is 156 Å². The summed E-state index contributed by atoms with van der Waals surface area (Å²) >= 11 is 13.3. The number of nitrogens with one attached hydrogen (secondary N) is 1. The molecule has 0 radical (unpaired) electrons. The molecule has 2 aromatic rings. The molecule has 1 aliphatic carbocycles. The van der Waals surface area contributed by atoms with Crippen molar-refractivity contribution < 1.29 is 19.4 Å². The van der Waals surface area contributed by atoms with Crippen LogP contribution in [-0.2, 0) is 4.79 Å². The molecule has 1 aliphatic rings. The zero-order valence-electron chi connectivity index (χ0n) is 13.1. The van der Waals surface area contributed by atoms with Gasteiger partial charge in [-0.2, -0.15) is 0 Å². The van der Waals surface area contributed by atoms with Crippen LogP contribution in [0.3, 0.4) is 0 Å². The van der Waals surface area contributed by atoms with Gasteiger partial charge in [-0.25, -0.2) is 9.78 Å². The molecular formula is C16H12Cl2N2O4S. The third-order valence-corrected chi connectivity index (χ3v) is 5.64. The van der Waals surface area contributed by atoms with Crippen molar-refractivity contribution in [3.05, 3.63) is 38.9 Å². The van der Waals surface area contributed by atoms with Gasteiger partial charge in [-0.1, -0.05) is 34.5 Å². The second-order valence-electron chi connectivity index (χ2n) is 5.37. The van der Waals surface area contributed by atoms with Gasteiger partial charge in [0.25, 0.3) is 5.91 Å². The minimum atomic E-state index is -1.07. The predicted molar refractivity (Wildman–Crippen MR) is 97.8 cm³/mol. The Kier molecular flexibility index (Phi) is 4.73. The number of rotatable bonds is 4. The summed E-state index contributed by atoms with van der Waals surface area (Å²) in [5.41, 5.74) is 1.76. The van der Waals surface area contributed by atoms with Gasteiger partial charge in [0.05, 0.1) is 27.4 Å². The van der Waals surface area contributed by atoms with Gasteiger partial charge < -0.3 is 9.84 Å². The van der Waals surface area contributed by atoms with Crippen LogP contribution in [0.4, 0.5) is 5.13 Å². The first-order valence-corrected chi connectivity index (χ1v) is 8.66. The molecule has 3 rings (SSSR count). The predicted octanol–water partition coefficient (Wildman–Crippen LogP) is 4.35. The van der Waals surface area contributed by atoms with E-state index >= 15 is 0 Å². The number of ether oxygens (including phenoxy) is 1. The molecule has 25 heavy (non-hydrogen) atoms. The zero-order valence-corrected chi connectivity index (χ0v) is 15.5. The number of halogens is 2. The van der Waals surface area contributed by atoms with E-state index in [0.717, 1.165) is 16.9 Å². The van der Waals surface area contributed by atoms with Crippen LogP contribution < -0.4 is 10.1 Å². The average molecular weight is 399 g/mol. The molecule has 1 amide bonds. The number of amides is 1. The molecular weight excluding hydrogens is 387 g/mol. The number of anilines is 1. The van der Waals surface area contributed by atoms with E-state index in [-0.39, 0.29) is 10.6 Å². The number of benzene rings is 1. The quantitative estimate of drug-likeness (QED) is 0.798. The molecule has 130 valence electrons. The Morgan fingerprint density at radius 3 is 2.60 bits per heavy atom. The highest BCUT2D eigenvalue weighted by Gasteiger charge is 2.25. The van der Waals surface area contributed by atoms with Crippen LogP contribution in [0, 0.1) is 0 Å². The molecule has 1 aromatic carbocycles. The number of fused-ring (bicyclic) bond motifs is 1. The molecule has 0 atom stereocenters. The van der Waals surface area contributed by atoms with E-state index < -0.39 is 11.9 Å². The molecule has 0 spiro atoms. The fraction of sp³-hybridized carbons (Fsp3) is 0.188. The highest BCUT2D eigenvalue weighted by molar-refractivity contribution is 7.22. The Hall–Kier alpha value is -2.09. The number of methoxy groups -OCH3 is 1. The van der Waals surface area contributed by atoms with Gasteiger partial charge in [-0.3, -0.25) is 10.1 Å². The van der Waals surface area contributed by atoms with Crippen molar-refractivity contribution in [2.75, 3.05) is 12.4 Å². The molecule has 9 heteroatoms. The zero-order chi connectivity index (χ0) is 18.3. The lowest BCUT2D eigenvalue weighted by Gasteiger charge is -2.03. The molecule has 0 saturated heterocycles. The summed E-state index contributed by atoms with van der Waals surface area (Å²) in [6.07, 6.45) is 0.376. The molecule has 6 nitrogen and oxygen atoms in total. The van der Waals surface area contributed by atoms with Gasteiger partial charge in [0.1, 0.15) is 11.3 Å². The number of aromatic carboxylic acids is 1. The number of nitrogens with zero attached hydrogens (tertiary/aromatic N) is 1. The van der Waals surface area contributed by atoms with E-state index in [1.807, 2.05) is 0 Å². The number of aromatic nitrogens is 1. The number of allylic oxidation sites excluding steroid dienone is 3. The van der Waals surface area contributed by atoms with Crippen molar-refractivity contribution in [1.82, 2.24) is 4.98 Å². The van der Waals surface area contributed by atoms with E-state index in [2.05, 4.69) is 10.3 Å². The second kappa shape index (κ2) is 6.67. The van der Waals surface area contributed by atoms with Crippen molar-refractivity contribution in [3.63, 3.8) is 0 Å². The molecule has 0 saturated carbocycles. The molecule has 0 unspecified atom stereocenters. The fourth-order valence-electron chi connectivity index (χ4n) is 2.42. The molecule has 2 N–H and O–H groups in total. The highest BCUT2D eigenvalue weighted by atomic mass is 35.5. The first kappa shape index (κ1) is 17.7. The third kappa shape index (κ3) is 3.22. The first-order chi connectivity index (χ1) is 11.8. The van der Waals surface area contributed by atoms with Crippen LogP contribution in [0.15, 0.2) is 33.3 Å². The van der Waals surface area contributed by atoms with E-state index in [1.165, 1.54) is 19.2 Å². The van der Waals surface area contributed by atoms with Gasteiger partial charge >= 0.3 is 5.97 Å². The van der Waals surface area contributed by atoms with Gasteiger partial charge in [-0.15, -0.1) is 0 Å². The number of thiazole rings is 1. The average Bonchev–Trinajstić information content (AvgIpc) is 3.09.